The number of nitrogens with one attached hydrogen (secondary N) is 3. The number of nitrogens with zero attached hydrogens (tertiary/aromatic N) is 1. The standard InChI is InChI=1S/C12H16N4O2/c1-3-13-8(2)9-5-4-6-10(7-9)16-11(17)14-15-12(16)18/h4-8,13H,3H2,1-2H3,(H,14,17)(H,15,18). The summed E-state index contributed by atoms with van der Waals surface area (Å²) in [6.45, 7) is 4.92. The second-order valence-electron chi connectivity index (χ2n) is 4.07. The van der Waals surface area contributed by atoms with E-state index in [9.17, 15) is 9.59 Å². The van der Waals surface area contributed by atoms with Crippen molar-refractivity contribution >= 4 is 0 Å². The lowest BCUT2D eigenvalue weighted by atomic mass is 10.1. The highest BCUT2D eigenvalue weighted by Gasteiger charge is 2.09. The first-order chi connectivity index (χ1) is 8.63. The predicted octanol–water partition coefficient (Wildman–Crippen LogP) is 0.524. The summed E-state index contributed by atoms with van der Waals surface area (Å²) in [6.07, 6.45) is 0. The van der Waals surface area contributed by atoms with Gasteiger partial charge >= 0.3 is 11.4 Å². The van der Waals surface area contributed by atoms with Crippen molar-refractivity contribution in [1.29, 1.82) is 0 Å². The summed E-state index contributed by atoms with van der Waals surface area (Å²) in [7, 11) is 0. The van der Waals surface area contributed by atoms with E-state index in [2.05, 4.69) is 15.5 Å². The van der Waals surface area contributed by atoms with Crippen LogP contribution in [-0.2, 0) is 0 Å². The van der Waals surface area contributed by atoms with Gasteiger partial charge in [0.1, 0.15) is 0 Å². The summed E-state index contributed by atoms with van der Waals surface area (Å²) in [5.41, 5.74) is 0.660. The number of aromatic nitrogens is 3. The fourth-order valence-electron chi connectivity index (χ4n) is 1.90. The molecule has 0 aliphatic heterocycles. The number of aromatic amines is 2. The van der Waals surface area contributed by atoms with Crippen LogP contribution in [0.1, 0.15) is 25.5 Å². The Morgan fingerprint density at radius 1 is 1.28 bits per heavy atom. The van der Waals surface area contributed by atoms with Crippen molar-refractivity contribution in [2.45, 2.75) is 19.9 Å². The Labute approximate surface area is 104 Å². The number of rotatable bonds is 4. The molecule has 1 unspecified atom stereocenters. The SMILES string of the molecule is CCNC(C)c1cccc(-n2c(=O)[nH][nH]c2=O)c1. The number of H-pyrrole nitrogens is 2. The van der Waals surface area contributed by atoms with Crippen LogP contribution in [0.5, 0.6) is 0 Å². The van der Waals surface area contributed by atoms with E-state index in [4.69, 9.17) is 0 Å². The molecule has 1 heterocycles. The Bertz CT molecular complexity index is 610. The van der Waals surface area contributed by atoms with Gasteiger partial charge in [-0.15, -0.1) is 0 Å². The topological polar surface area (TPSA) is 82.7 Å². The maximum atomic E-state index is 11.5. The van der Waals surface area contributed by atoms with Gasteiger partial charge in [0.25, 0.3) is 0 Å². The fourth-order valence-corrected chi connectivity index (χ4v) is 1.90. The highest BCUT2D eigenvalue weighted by molar-refractivity contribution is 5.36. The van der Waals surface area contributed by atoms with Crippen molar-refractivity contribution in [1.82, 2.24) is 20.1 Å². The van der Waals surface area contributed by atoms with Crippen LogP contribution in [-0.4, -0.2) is 21.3 Å². The highest BCUT2D eigenvalue weighted by Crippen LogP contribution is 2.14. The zero-order chi connectivity index (χ0) is 13.1. The lowest BCUT2D eigenvalue weighted by Gasteiger charge is -2.13. The van der Waals surface area contributed by atoms with Crippen molar-refractivity contribution < 1.29 is 0 Å². The normalized spacial score (nSPS) is 12.6. The van der Waals surface area contributed by atoms with Gasteiger partial charge in [-0.1, -0.05) is 19.1 Å². The molecule has 0 saturated carbocycles. The summed E-state index contributed by atoms with van der Waals surface area (Å²) < 4.78 is 1.07. The van der Waals surface area contributed by atoms with Crippen LogP contribution in [0.25, 0.3) is 5.69 Å². The first-order valence-corrected chi connectivity index (χ1v) is 5.87. The second-order valence-corrected chi connectivity index (χ2v) is 4.07. The highest BCUT2D eigenvalue weighted by atomic mass is 16.2. The molecule has 18 heavy (non-hydrogen) atoms. The van der Waals surface area contributed by atoms with E-state index in [-0.39, 0.29) is 6.04 Å². The van der Waals surface area contributed by atoms with Crippen LogP contribution in [0.4, 0.5) is 0 Å². The van der Waals surface area contributed by atoms with Crippen molar-refractivity contribution in [3.05, 3.63) is 50.8 Å². The van der Waals surface area contributed by atoms with E-state index >= 15 is 0 Å². The third-order valence-electron chi connectivity index (χ3n) is 2.82. The quantitative estimate of drug-likeness (QED) is 0.738. The van der Waals surface area contributed by atoms with E-state index in [1.54, 1.807) is 6.07 Å². The molecule has 96 valence electrons. The summed E-state index contributed by atoms with van der Waals surface area (Å²) >= 11 is 0. The molecule has 6 heteroatoms. The molecule has 0 fully saturated rings. The van der Waals surface area contributed by atoms with Gasteiger partial charge in [0, 0.05) is 6.04 Å². The fraction of sp³-hybridized carbons (Fsp3) is 0.333. The minimum absolute atomic E-state index is 0.170. The molecule has 0 aliphatic rings. The van der Waals surface area contributed by atoms with Crippen LogP contribution < -0.4 is 16.7 Å². The second kappa shape index (κ2) is 5.05. The van der Waals surface area contributed by atoms with Crippen molar-refractivity contribution in [3.8, 4) is 5.69 Å². The molecule has 3 N–H and O–H groups in total. The van der Waals surface area contributed by atoms with E-state index in [1.165, 1.54) is 0 Å². The van der Waals surface area contributed by atoms with Crippen LogP contribution in [0.3, 0.4) is 0 Å². The van der Waals surface area contributed by atoms with Gasteiger partial charge in [0.2, 0.25) is 0 Å². The molecular formula is C12H16N4O2. The molecule has 0 aliphatic carbocycles. The smallest absolute Gasteiger partial charge is 0.310 e. The summed E-state index contributed by atoms with van der Waals surface area (Å²) in [5, 5.41) is 7.81. The van der Waals surface area contributed by atoms with Gasteiger partial charge in [-0.05, 0) is 31.2 Å². The molecule has 1 atom stereocenters. The maximum absolute atomic E-state index is 11.5. The number of hydrogen-bond acceptors (Lipinski definition) is 3. The third kappa shape index (κ3) is 2.28. The van der Waals surface area contributed by atoms with Crippen LogP contribution in [0.2, 0.25) is 0 Å². The first kappa shape index (κ1) is 12.4. The Balaban J connectivity index is 2.45. The number of benzene rings is 1. The van der Waals surface area contributed by atoms with Crippen LogP contribution in [0, 0.1) is 0 Å². The lowest BCUT2D eigenvalue weighted by Crippen LogP contribution is -2.25. The summed E-state index contributed by atoms with van der Waals surface area (Å²) in [6, 6.07) is 7.52. The molecule has 0 spiro atoms. The minimum Gasteiger partial charge on any atom is -0.310 e. The molecular weight excluding hydrogens is 232 g/mol. The molecule has 1 aromatic heterocycles. The Morgan fingerprint density at radius 2 is 1.94 bits per heavy atom. The molecule has 6 nitrogen and oxygen atoms in total. The van der Waals surface area contributed by atoms with Gasteiger partial charge in [-0.2, -0.15) is 0 Å². The molecule has 0 bridgehead atoms. The largest absolute Gasteiger partial charge is 0.348 e. The van der Waals surface area contributed by atoms with Gasteiger partial charge in [0.05, 0.1) is 5.69 Å². The molecule has 2 aromatic rings. The van der Waals surface area contributed by atoms with Gasteiger partial charge in [0.15, 0.2) is 0 Å². The van der Waals surface area contributed by atoms with E-state index in [0.717, 1.165) is 16.7 Å². The predicted molar refractivity (Wildman–Crippen MR) is 69.1 cm³/mol. The molecule has 1 aromatic carbocycles. The lowest BCUT2D eigenvalue weighted by molar-refractivity contribution is 0.597. The molecule has 0 saturated heterocycles. The van der Waals surface area contributed by atoms with Crippen LogP contribution in [0.15, 0.2) is 33.9 Å². The molecule has 0 amide bonds. The van der Waals surface area contributed by atoms with Gasteiger partial charge < -0.3 is 5.32 Å². The average Bonchev–Trinajstić information content (AvgIpc) is 2.69. The van der Waals surface area contributed by atoms with Crippen LogP contribution >= 0.6 is 0 Å². The van der Waals surface area contributed by atoms with Crippen molar-refractivity contribution in [2.75, 3.05) is 6.54 Å². The van der Waals surface area contributed by atoms with Gasteiger partial charge in [-0.3, -0.25) is 0 Å². The van der Waals surface area contributed by atoms with Gasteiger partial charge in [-0.25, -0.2) is 24.4 Å². The maximum Gasteiger partial charge on any atom is 0.348 e. The first-order valence-electron chi connectivity index (χ1n) is 5.87. The zero-order valence-corrected chi connectivity index (χ0v) is 10.4. The number of hydrogen-bond donors (Lipinski definition) is 3. The average molecular weight is 248 g/mol. The monoisotopic (exact) mass is 248 g/mol. The minimum atomic E-state index is -0.465. The van der Waals surface area contributed by atoms with Crippen molar-refractivity contribution in [3.63, 3.8) is 0 Å². The summed E-state index contributed by atoms with van der Waals surface area (Å²) in [4.78, 5) is 23.0. The van der Waals surface area contributed by atoms with Crippen molar-refractivity contribution in [2.24, 2.45) is 0 Å². The third-order valence-corrected chi connectivity index (χ3v) is 2.82. The van der Waals surface area contributed by atoms with E-state index < -0.39 is 11.4 Å². The Hall–Kier alpha value is -2.08. The molecule has 0 radical (unpaired) electrons. The Morgan fingerprint density at radius 3 is 2.56 bits per heavy atom. The van der Waals surface area contributed by atoms with E-state index in [0.29, 0.717) is 5.69 Å². The molecule has 2 rings (SSSR count). The summed E-state index contributed by atoms with van der Waals surface area (Å²) in [5.74, 6) is 0. The van der Waals surface area contributed by atoms with E-state index in [1.807, 2.05) is 32.0 Å². The Kier molecular flexibility index (Phi) is 3.47. The zero-order valence-electron chi connectivity index (χ0n) is 10.4.